The maximum absolute atomic E-state index is 12.2. The quantitative estimate of drug-likeness (QED) is 0.858. The van der Waals surface area contributed by atoms with Gasteiger partial charge in [-0.2, -0.15) is 4.31 Å². The Morgan fingerprint density at radius 3 is 2.35 bits per heavy atom. The van der Waals surface area contributed by atoms with Crippen molar-refractivity contribution >= 4 is 10.0 Å². The zero-order chi connectivity index (χ0) is 12.5. The van der Waals surface area contributed by atoms with Crippen molar-refractivity contribution in [2.75, 3.05) is 14.1 Å². The molecule has 17 heavy (non-hydrogen) atoms. The second kappa shape index (κ2) is 4.76. The molecule has 0 saturated heterocycles. The number of nitrogens with zero attached hydrogens (tertiary/aromatic N) is 1. The van der Waals surface area contributed by atoms with Crippen molar-refractivity contribution in [1.82, 2.24) is 9.62 Å². The van der Waals surface area contributed by atoms with Crippen LogP contribution < -0.4 is 5.32 Å². The van der Waals surface area contributed by atoms with Crippen LogP contribution in [-0.2, 0) is 16.6 Å². The number of benzene rings is 1. The topological polar surface area (TPSA) is 49.4 Å². The standard InChI is InChI=1S/C12H18N2O2S/c1-13-9-10-3-7-12(8-4-10)17(15,16)14(2)11-5-6-11/h3-4,7-8,11,13H,5-6,9H2,1-2H3. The molecule has 5 heteroatoms. The van der Waals surface area contributed by atoms with Crippen LogP contribution in [0, 0.1) is 0 Å². The number of nitrogens with one attached hydrogen (secondary N) is 1. The molecule has 94 valence electrons. The van der Waals surface area contributed by atoms with E-state index in [2.05, 4.69) is 5.32 Å². The molecule has 0 bridgehead atoms. The molecular weight excluding hydrogens is 236 g/mol. The normalized spacial score (nSPS) is 16.4. The lowest BCUT2D eigenvalue weighted by Gasteiger charge is -2.16. The van der Waals surface area contributed by atoms with Gasteiger partial charge in [-0.1, -0.05) is 12.1 Å². The highest BCUT2D eigenvalue weighted by atomic mass is 32.2. The summed E-state index contributed by atoms with van der Waals surface area (Å²) in [5, 5.41) is 3.03. The van der Waals surface area contributed by atoms with Crippen LogP contribution in [0.3, 0.4) is 0 Å². The highest BCUT2D eigenvalue weighted by molar-refractivity contribution is 7.89. The van der Waals surface area contributed by atoms with Crippen LogP contribution in [-0.4, -0.2) is 32.9 Å². The average molecular weight is 254 g/mol. The highest BCUT2D eigenvalue weighted by Crippen LogP contribution is 2.30. The van der Waals surface area contributed by atoms with Gasteiger partial charge in [-0.15, -0.1) is 0 Å². The summed E-state index contributed by atoms with van der Waals surface area (Å²) in [5.41, 5.74) is 1.08. The van der Waals surface area contributed by atoms with E-state index in [9.17, 15) is 8.42 Å². The van der Waals surface area contributed by atoms with E-state index in [1.165, 1.54) is 4.31 Å². The molecule has 1 aliphatic carbocycles. The summed E-state index contributed by atoms with van der Waals surface area (Å²) >= 11 is 0. The molecule has 0 spiro atoms. The maximum Gasteiger partial charge on any atom is 0.243 e. The Labute approximate surface area is 103 Å². The molecule has 0 radical (unpaired) electrons. The largest absolute Gasteiger partial charge is 0.316 e. The van der Waals surface area contributed by atoms with Crippen LogP contribution in [0.5, 0.6) is 0 Å². The van der Waals surface area contributed by atoms with Gasteiger partial charge in [-0.25, -0.2) is 8.42 Å². The van der Waals surface area contributed by atoms with Gasteiger partial charge in [0, 0.05) is 19.6 Å². The van der Waals surface area contributed by atoms with Gasteiger partial charge in [0.05, 0.1) is 4.90 Å². The van der Waals surface area contributed by atoms with Gasteiger partial charge in [-0.3, -0.25) is 0 Å². The number of hydrogen-bond donors (Lipinski definition) is 1. The summed E-state index contributed by atoms with van der Waals surface area (Å²) in [7, 11) is 0.233. The first-order valence-corrected chi connectivity index (χ1v) is 7.21. The summed E-state index contributed by atoms with van der Waals surface area (Å²) in [4.78, 5) is 0.381. The smallest absolute Gasteiger partial charge is 0.243 e. The summed E-state index contributed by atoms with van der Waals surface area (Å²) in [6.07, 6.45) is 1.96. The molecule has 0 amide bonds. The van der Waals surface area contributed by atoms with Gasteiger partial charge in [-0.05, 0) is 37.6 Å². The Kier molecular flexibility index (Phi) is 3.51. The minimum atomic E-state index is -3.29. The van der Waals surface area contributed by atoms with E-state index in [0.717, 1.165) is 24.9 Å². The predicted octanol–water partition coefficient (Wildman–Crippen LogP) is 1.19. The Morgan fingerprint density at radius 2 is 1.88 bits per heavy atom. The van der Waals surface area contributed by atoms with E-state index in [1.807, 2.05) is 19.2 Å². The molecule has 0 unspecified atom stereocenters. The Morgan fingerprint density at radius 1 is 1.29 bits per heavy atom. The van der Waals surface area contributed by atoms with Crippen LogP contribution in [0.1, 0.15) is 18.4 Å². The van der Waals surface area contributed by atoms with E-state index in [-0.39, 0.29) is 6.04 Å². The van der Waals surface area contributed by atoms with Gasteiger partial charge in [0.15, 0.2) is 0 Å². The summed E-state index contributed by atoms with van der Waals surface area (Å²) in [6.45, 7) is 0.749. The molecule has 1 aromatic carbocycles. The number of hydrogen-bond acceptors (Lipinski definition) is 3. The molecule has 0 heterocycles. The maximum atomic E-state index is 12.2. The lowest BCUT2D eigenvalue weighted by molar-refractivity contribution is 0.464. The Balaban J connectivity index is 2.20. The molecule has 0 atom stereocenters. The zero-order valence-corrected chi connectivity index (χ0v) is 11.0. The SMILES string of the molecule is CNCc1ccc(S(=O)(=O)N(C)C2CC2)cc1. The molecule has 1 saturated carbocycles. The minimum absolute atomic E-state index is 0.206. The minimum Gasteiger partial charge on any atom is -0.316 e. The first-order chi connectivity index (χ1) is 8.05. The molecule has 2 rings (SSSR count). The second-order valence-electron chi connectivity index (χ2n) is 4.43. The van der Waals surface area contributed by atoms with E-state index in [1.54, 1.807) is 19.2 Å². The van der Waals surface area contributed by atoms with Gasteiger partial charge in [0.2, 0.25) is 10.0 Å². The third-order valence-corrected chi connectivity index (χ3v) is 4.97. The van der Waals surface area contributed by atoms with E-state index in [4.69, 9.17) is 0 Å². The van der Waals surface area contributed by atoms with Crippen molar-refractivity contribution in [2.24, 2.45) is 0 Å². The van der Waals surface area contributed by atoms with Crippen molar-refractivity contribution in [3.05, 3.63) is 29.8 Å². The van der Waals surface area contributed by atoms with E-state index in [0.29, 0.717) is 4.90 Å². The van der Waals surface area contributed by atoms with Crippen molar-refractivity contribution in [2.45, 2.75) is 30.3 Å². The van der Waals surface area contributed by atoms with Gasteiger partial charge in [0.1, 0.15) is 0 Å². The van der Waals surface area contributed by atoms with Crippen LogP contribution in [0.2, 0.25) is 0 Å². The molecule has 1 N–H and O–H groups in total. The van der Waals surface area contributed by atoms with Crippen LogP contribution in [0.15, 0.2) is 29.2 Å². The summed E-state index contributed by atoms with van der Waals surface area (Å²) < 4.78 is 25.9. The van der Waals surface area contributed by atoms with Gasteiger partial charge in [0.25, 0.3) is 0 Å². The molecule has 1 aliphatic rings. The molecular formula is C12H18N2O2S. The number of sulfonamides is 1. The number of rotatable bonds is 5. The lowest BCUT2D eigenvalue weighted by atomic mass is 10.2. The van der Waals surface area contributed by atoms with Gasteiger partial charge >= 0.3 is 0 Å². The first kappa shape index (κ1) is 12.5. The van der Waals surface area contributed by atoms with Crippen LogP contribution in [0.4, 0.5) is 0 Å². The fourth-order valence-corrected chi connectivity index (χ4v) is 3.20. The summed E-state index contributed by atoms with van der Waals surface area (Å²) in [6, 6.07) is 7.27. The third-order valence-electron chi connectivity index (χ3n) is 3.04. The van der Waals surface area contributed by atoms with Crippen molar-refractivity contribution in [3.63, 3.8) is 0 Å². The zero-order valence-electron chi connectivity index (χ0n) is 10.2. The monoisotopic (exact) mass is 254 g/mol. The molecule has 4 nitrogen and oxygen atoms in total. The molecule has 0 aliphatic heterocycles. The van der Waals surface area contributed by atoms with Gasteiger partial charge < -0.3 is 5.32 Å². The first-order valence-electron chi connectivity index (χ1n) is 5.77. The molecule has 0 aromatic heterocycles. The van der Waals surface area contributed by atoms with Crippen molar-refractivity contribution in [3.8, 4) is 0 Å². The lowest BCUT2D eigenvalue weighted by Crippen LogP contribution is -2.28. The van der Waals surface area contributed by atoms with E-state index < -0.39 is 10.0 Å². The van der Waals surface area contributed by atoms with Crippen molar-refractivity contribution in [1.29, 1.82) is 0 Å². The molecule has 1 aromatic rings. The highest BCUT2D eigenvalue weighted by Gasteiger charge is 2.34. The molecule has 1 fully saturated rings. The second-order valence-corrected chi connectivity index (χ2v) is 6.42. The Bertz CT molecular complexity index is 478. The van der Waals surface area contributed by atoms with Crippen molar-refractivity contribution < 1.29 is 8.42 Å². The van der Waals surface area contributed by atoms with E-state index >= 15 is 0 Å². The van der Waals surface area contributed by atoms with Crippen LogP contribution >= 0.6 is 0 Å². The fraction of sp³-hybridized carbons (Fsp3) is 0.500. The average Bonchev–Trinajstić information content (AvgIpc) is 3.13. The summed E-state index contributed by atoms with van der Waals surface area (Å²) in [5.74, 6) is 0. The van der Waals surface area contributed by atoms with Crippen LogP contribution in [0.25, 0.3) is 0 Å². The third kappa shape index (κ3) is 2.68. The fourth-order valence-electron chi connectivity index (χ4n) is 1.78. The predicted molar refractivity (Wildman–Crippen MR) is 67.2 cm³/mol. The Hall–Kier alpha value is -0.910.